The molecule has 0 aliphatic carbocycles. The van der Waals surface area contributed by atoms with E-state index in [0.717, 1.165) is 6.07 Å². The number of phenols is 3. The van der Waals surface area contributed by atoms with E-state index < -0.39 is 35.7 Å². The molecule has 0 radical (unpaired) electrons. The zero-order valence-electron chi connectivity index (χ0n) is 12.1. The van der Waals surface area contributed by atoms with Crippen LogP contribution in [0.4, 0.5) is 0 Å². The van der Waals surface area contributed by atoms with E-state index >= 15 is 0 Å². The molecule has 0 fully saturated rings. The lowest BCUT2D eigenvalue weighted by molar-refractivity contribution is -0.124. The van der Waals surface area contributed by atoms with Crippen molar-refractivity contribution in [3.63, 3.8) is 0 Å². The number of nitrogens with two attached hydrogens (primary N) is 1. The highest BCUT2D eigenvalue weighted by molar-refractivity contribution is 5.81. The van der Waals surface area contributed by atoms with Gasteiger partial charge in [0.25, 0.3) is 5.91 Å². The second-order valence-electron chi connectivity index (χ2n) is 3.27. The number of phenolic OH excluding ortho intramolecular Hbond substituents is 3. The topological polar surface area (TPSA) is 148 Å². The second-order valence-corrected chi connectivity index (χ2v) is 3.27. The monoisotopic (exact) mass is 260 g/mol. The van der Waals surface area contributed by atoms with Crippen molar-refractivity contribution in [1.29, 1.82) is 0 Å². The summed E-state index contributed by atoms with van der Waals surface area (Å²) in [7, 11) is 0. The summed E-state index contributed by atoms with van der Waals surface area (Å²) in [6.45, 7) is -3.49. The van der Waals surface area contributed by atoms with Crippen LogP contribution in [0.2, 0.25) is 0 Å². The number of aromatic hydroxyl groups is 3. The number of carbonyl (C=O) groups excluding carboxylic acids is 1. The molecule has 0 aliphatic heterocycles. The minimum atomic E-state index is -3.27. The Kier molecular flexibility index (Phi) is 3.34. The summed E-state index contributed by atoms with van der Waals surface area (Å²) in [5.41, 5.74) is 9.28. The van der Waals surface area contributed by atoms with Gasteiger partial charge in [-0.1, -0.05) is 6.07 Å². The van der Waals surface area contributed by atoms with Gasteiger partial charge in [-0.3, -0.25) is 10.2 Å². The van der Waals surface area contributed by atoms with E-state index in [-0.39, 0.29) is 12.1 Å². The molecule has 100 valence electrons. The first-order valence-electron chi connectivity index (χ1n) is 6.26. The number of nitrogens with one attached hydrogen (secondary N) is 2. The van der Waals surface area contributed by atoms with Crippen LogP contribution in [-0.4, -0.2) is 38.9 Å². The van der Waals surface area contributed by atoms with Crippen LogP contribution in [0, 0.1) is 0 Å². The smallest absolute Gasteiger partial charge is 0.253 e. The Morgan fingerprint density at radius 1 is 1.44 bits per heavy atom. The van der Waals surface area contributed by atoms with Crippen LogP contribution in [0.15, 0.2) is 12.1 Å². The molecule has 8 heteroatoms. The zero-order valence-corrected chi connectivity index (χ0v) is 9.14. The molecular formula is C10H15N3O5. The standard InChI is InChI=1S/C10H15N3O5/c11-6(4-14)10(18)13-12-3-5-1-2-7(15)9(17)8(5)16/h1-2,6,12,14-17H,3-4,11H2,(H,13,18)/i4D2,6D. The predicted molar refractivity (Wildman–Crippen MR) is 61.5 cm³/mol. The fourth-order valence-corrected chi connectivity index (χ4v) is 1.09. The minimum absolute atomic E-state index is 0.102. The second kappa shape index (κ2) is 6.05. The van der Waals surface area contributed by atoms with Crippen LogP contribution < -0.4 is 16.6 Å². The average molecular weight is 260 g/mol. The van der Waals surface area contributed by atoms with Gasteiger partial charge in [-0.25, -0.2) is 5.43 Å². The van der Waals surface area contributed by atoms with Crippen molar-refractivity contribution < 1.29 is 29.3 Å². The number of hydrogen-bond acceptors (Lipinski definition) is 7. The van der Waals surface area contributed by atoms with Crippen molar-refractivity contribution >= 4 is 5.91 Å². The first kappa shape index (κ1) is 9.95. The molecule has 18 heavy (non-hydrogen) atoms. The molecule has 0 spiro atoms. The van der Waals surface area contributed by atoms with Gasteiger partial charge < -0.3 is 26.2 Å². The average Bonchev–Trinajstić information content (AvgIpc) is 2.37. The lowest BCUT2D eigenvalue weighted by Gasteiger charge is -2.12. The summed E-state index contributed by atoms with van der Waals surface area (Å²) in [6, 6.07) is -0.581. The van der Waals surface area contributed by atoms with E-state index in [4.69, 9.17) is 20.1 Å². The maximum atomic E-state index is 11.5. The molecule has 1 amide bonds. The first-order chi connectivity index (χ1) is 9.48. The highest BCUT2D eigenvalue weighted by Gasteiger charge is 2.13. The Balaban J connectivity index is 2.67. The van der Waals surface area contributed by atoms with Crippen molar-refractivity contribution in [3.05, 3.63) is 17.7 Å². The van der Waals surface area contributed by atoms with Crippen LogP contribution in [0.25, 0.3) is 0 Å². The Morgan fingerprint density at radius 3 is 2.72 bits per heavy atom. The highest BCUT2D eigenvalue weighted by atomic mass is 16.3. The molecule has 0 aliphatic rings. The van der Waals surface area contributed by atoms with E-state index in [1.54, 1.807) is 0 Å². The van der Waals surface area contributed by atoms with Gasteiger partial charge in [-0.2, -0.15) is 0 Å². The van der Waals surface area contributed by atoms with E-state index in [1.807, 2.05) is 5.43 Å². The number of hydrazine groups is 1. The van der Waals surface area contributed by atoms with Crippen LogP contribution in [0.3, 0.4) is 0 Å². The van der Waals surface area contributed by atoms with Gasteiger partial charge in [0.15, 0.2) is 11.5 Å². The van der Waals surface area contributed by atoms with Crippen molar-refractivity contribution in [3.8, 4) is 17.2 Å². The number of amides is 1. The van der Waals surface area contributed by atoms with E-state index in [1.165, 1.54) is 6.07 Å². The Hall–Kier alpha value is -2.03. The van der Waals surface area contributed by atoms with Gasteiger partial charge in [0, 0.05) is 12.1 Å². The van der Waals surface area contributed by atoms with Crippen LogP contribution in [-0.2, 0) is 11.3 Å². The maximum absolute atomic E-state index is 11.5. The molecule has 8 nitrogen and oxygen atoms in total. The van der Waals surface area contributed by atoms with Crippen molar-refractivity contribution in [1.82, 2.24) is 10.9 Å². The lowest BCUT2D eigenvalue weighted by atomic mass is 10.2. The predicted octanol–water partition coefficient (Wildman–Crippen LogP) is -1.76. The summed E-state index contributed by atoms with van der Waals surface area (Å²) < 4.78 is 21.0. The summed E-state index contributed by atoms with van der Waals surface area (Å²) in [5.74, 6) is -3.22. The molecule has 1 aromatic rings. The Bertz CT molecular complexity index is 547. The van der Waals surface area contributed by atoms with Crippen molar-refractivity contribution in [2.75, 3.05) is 6.56 Å². The number of aliphatic hydroxyl groups is 1. The van der Waals surface area contributed by atoms with Gasteiger partial charge >= 0.3 is 0 Å². The molecular weight excluding hydrogens is 242 g/mol. The van der Waals surface area contributed by atoms with E-state index in [2.05, 4.69) is 5.43 Å². The number of hydrogen-bond donors (Lipinski definition) is 7. The van der Waals surface area contributed by atoms with E-state index in [0.29, 0.717) is 0 Å². The molecule has 0 bridgehead atoms. The summed E-state index contributed by atoms with van der Waals surface area (Å²) >= 11 is 0. The van der Waals surface area contributed by atoms with Gasteiger partial charge in [0.05, 0.1) is 10.7 Å². The van der Waals surface area contributed by atoms with Crippen LogP contribution >= 0.6 is 0 Å². The molecule has 1 aromatic carbocycles. The molecule has 0 saturated carbocycles. The molecule has 1 rings (SSSR count). The Morgan fingerprint density at radius 2 is 2.11 bits per heavy atom. The molecule has 8 N–H and O–H groups in total. The van der Waals surface area contributed by atoms with Crippen molar-refractivity contribution in [2.45, 2.75) is 12.6 Å². The van der Waals surface area contributed by atoms with Crippen LogP contribution in [0.5, 0.6) is 17.2 Å². The number of benzene rings is 1. The maximum Gasteiger partial charge on any atom is 0.253 e. The van der Waals surface area contributed by atoms with Crippen molar-refractivity contribution in [2.24, 2.45) is 5.73 Å². The van der Waals surface area contributed by atoms with E-state index in [9.17, 15) is 15.0 Å². The molecule has 0 aromatic heterocycles. The largest absolute Gasteiger partial charge is 0.504 e. The molecule has 0 saturated heterocycles. The normalized spacial score (nSPS) is 17.1. The van der Waals surface area contributed by atoms with Gasteiger partial charge in [-0.15, -0.1) is 0 Å². The molecule has 1 atom stereocenters. The summed E-state index contributed by atoms with van der Waals surface area (Å²) in [5, 5.41) is 36.9. The Labute approximate surface area is 107 Å². The van der Waals surface area contributed by atoms with Crippen LogP contribution in [0.1, 0.15) is 9.68 Å². The first-order valence-corrected chi connectivity index (χ1v) is 4.76. The third kappa shape index (κ3) is 3.23. The van der Waals surface area contributed by atoms with Gasteiger partial charge in [-0.05, 0) is 6.07 Å². The highest BCUT2D eigenvalue weighted by Crippen LogP contribution is 2.36. The number of rotatable bonds is 5. The minimum Gasteiger partial charge on any atom is -0.504 e. The zero-order chi connectivity index (χ0) is 16.4. The fraction of sp³-hybridized carbons (Fsp3) is 0.300. The molecule has 1 unspecified atom stereocenters. The lowest BCUT2D eigenvalue weighted by Crippen LogP contribution is -2.48. The SMILES string of the molecule is [2H]C([2H])(O)C([2H])(N)C(=O)NNCc1ccc(O)c(O)c1O. The third-order valence-corrected chi connectivity index (χ3v) is 2.06. The number of carbonyl (C=O) groups is 1. The fourth-order valence-electron chi connectivity index (χ4n) is 1.09. The van der Waals surface area contributed by atoms with Gasteiger partial charge in [0.1, 0.15) is 6.02 Å². The van der Waals surface area contributed by atoms with Gasteiger partial charge in [0.2, 0.25) is 5.75 Å². The summed E-state index contributed by atoms with van der Waals surface area (Å²) in [6.07, 6.45) is 0. The third-order valence-electron chi connectivity index (χ3n) is 2.06. The summed E-state index contributed by atoms with van der Waals surface area (Å²) in [4.78, 5) is 11.5. The quantitative estimate of drug-likeness (QED) is 0.245. The molecule has 0 heterocycles.